The molecule has 4 rings (SSSR count). The van der Waals surface area contributed by atoms with Gasteiger partial charge in [0.1, 0.15) is 15.6 Å². The minimum atomic E-state index is -2.99. The molecular weight excluding hydrogens is 452 g/mol. The molecule has 2 aliphatic rings. The van der Waals surface area contributed by atoms with Crippen molar-refractivity contribution in [3.63, 3.8) is 0 Å². The minimum Gasteiger partial charge on any atom is -0.494 e. The predicted octanol–water partition coefficient (Wildman–Crippen LogP) is 3.47. The molecule has 182 valence electrons. The first-order valence-electron chi connectivity index (χ1n) is 12.0. The van der Waals surface area contributed by atoms with Gasteiger partial charge in [0.05, 0.1) is 12.4 Å². The molecule has 7 nitrogen and oxygen atoms in total. The second-order valence-electron chi connectivity index (χ2n) is 8.88. The maximum atomic E-state index is 13.0. The highest BCUT2D eigenvalue weighted by atomic mass is 32.2. The number of hydrogen-bond acceptors (Lipinski definition) is 5. The normalized spacial score (nSPS) is 16.9. The molecule has 0 atom stereocenters. The molecule has 2 amide bonds. The van der Waals surface area contributed by atoms with Gasteiger partial charge >= 0.3 is 0 Å². The maximum absolute atomic E-state index is 13.0. The number of rotatable bonds is 8. The van der Waals surface area contributed by atoms with Crippen LogP contribution in [0.4, 0.5) is 5.69 Å². The molecule has 0 bridgehead atoms. The van der Waals surface area contributed by atoms with Gasteiger partial charge in [-0.15, -0.1) is 0 Å². The summed E-state index contributed by atoms with van der Waals surface area (Å²) in [5.41, 5.74) is 2.83. The number of ether oxygens (including phenoxy) is 1. The third-order valence-corrected chi connectivity index (χ3v) is 8.44. The van der Waals surface area contributed by atoms with Gasteiger partial charge in [0.15, 0.2) is 0 Å². The highest BCUT2D eigenvalue weighted by Crippen LogP contribution is 2.32. The molecule has 34 heavy (non-hydrogen) atoms. The zero-order valence-corrected chi connectivity index (χ0v) is 20.4. The Morgan fingerprint density at radius 1 is 1.03 bits per heavy atom. The van der Waals surface area contributed by atoms with E-state index < -0.39 is 9.84 Å². The molecule has 0 saturated carbocycles. The molecule has 2 aromatic rings. The number of amides is 2. The summed E-state index contributed by atoms with van der Waals surface area (Å²) in [6.07, 6.45) is 3.29. The summed E-state index contributed by atoms with van der Waals surface area (Å²) in [7, 11) is -2.99. The van der Waals surface area contributed by atoms with Crippen molar-refractivity contribution in [3.05, 3.63) is 59.7 Å². The number of carbonyl (C=O) groups is 2. The third-order valence-electron chi connectivity index (χ3n) is 6.65. The number of carbonyl (C=O) groups excluding carboxylic acids is 2. The molecule has 8 heteroatoms. The van der Waals surface area contributed by atoms with E-state index in [0.717, 1.165) is 24.9 Å². The number of para-hydroxylation sites is 1. The SMILES string of the molecule is CCS(=O)(=O)CCCOc1ccc(C(=O)N2CCC(N3C(=O)CCc4ccccc43)CC2)cc1. The second kappa shape index (κ2) is 10.6. The first-order chi connectivity index (χ1) is 16.4. The first kappa shape index (κ1) is 24.3. The van der Waals surface area contributed by atoms with E-state index >= 15 is 0 Å². The zero-order chi connectivity index (χ0) is 24.1. The molecule has 2 aliphatic heterocycles. The number of piperidine rings is 1. The van der Waals surface area contributed by atoms with Crippen molar-refractivity contribution < 1.29 is 22.7 Å². The summed E-state index contributed by atoms with van der Waals surface area (Å²) in [5.74, 6) is 1.02. The summed E-state index contributed by atoms with van der Waals surface area (Å²) in [4.78, 5) is 29.5. The van der Waals surface area contributed by atoms with Crippen molar-refractivity contribution in [1.82, 2.24) is 4.90 Å². The van der Waals surface area contributed by atoms with Gasteiger partial charge < -0.3 is 14.5 Å². The highest BCUT2D eigenvalue weighted by molar-refractivity contribution is 7.91. The van der Waals surface area contributed by atoms with Crippen molar-refractivity contribution >= 4 is 27.3 Å². The van der Waals surface area contributed by atoms with Crippen molar-refractivity contribution in [2.75, 3.05) is 36.1 Å². The number of likely N-dealkylation sites (tertiary alicyclic amines) is 1. The summed E-state index contributed by atoms with van der Waals surface area (Å²) >= 11 is 0. The largest absolute Gasteiger partial charge is 0.494 e. The molecular formula is C26H32N2O5S. The van der Waals surface area contributed by atoms with E-state index in [2.05, 4.69) is 6.07 Å². The number of sulfone groups is 1. The van der Waals surface area contributed by atoms with Crippen LogP contribution >= 0.6 is 0 Å². The quantitative estimate of drug-likeness (QED) is 0.536. The lowest BCUT2D eigenvalue weighted by atomic mass is 9.95. The number of fused-ring (bicyclic) bond motifs is 1. The van der Waals surface area contributed by atoms with Gasteiger partial charge in [-0.05, 0) is 61.6 Å². The van der Waals surface area contributed by atoms with Crippen molar-refractivity contribution in [2.45, 2.75) is 45.1 Å². The number of benzene rings is 2. The predicted molar refractivity (Wildman–Crippen MR) is 132 cm³/mol. The molecule has 2 heterocycles. The number of hydrogen-bond donors (Lipinski definition) is 0. The van der Waals surface area contributed by atoms with E-state index in [0.29, 0.717) is 43.9 Å². The molecule has 0 unspecified atom stereocenters. The topological polar surface area (TPSA) is 84.0 Å². The molecule has 0 aromatic heterocycles. The molecule has 0 spiro atoms. The molecule has 2 aromatic carbocycles. The van der Waals surface area contributed by atoms with Crippen LogP contribution in [0.5, 0.6) is 5.75 Å². The van der Waals surface area contributed by atoms with Crippen LogP contribution in [0.3, 0.4) is 0 Å². The van der Waals surface area contributed by atoms with E-state index in [1.165, 1.54) is 5.56 Å². The Morgan fingerprint density at radius 2 is 1.74 bits per heavy atom. The standard InChI is InChI=1S/C26H32N2O5S/c1-2-34(31,32)19-5-18-33-23-11-8-21(9-12-23)26(30)27-16-14-22(15-17-27)28-24-7-4-3-6-20(24)10-13-25(28)29/h3-4,6-9,11-12,22H,2,5,10,13-19H2,1H3. The lowest BCUT2D eigenvalue weighted by molar-refractivity contribution is -0.119. The fourth-order valence-corrected chi connectivity index (χ4v) is 5.52. The van der Waals surface area contributed by atoms with Crippen LogP contribution in [0.1, 0.15) is 48.5 Å². The molecule has 1 fully saturated rings. The summed E-state index contributed by atoms with van der Waals surface area (Å²) < 4.78 is 28.7. The van der Waals surface area contributed by atoms with Gasteiger partial charge in [-0.2, -0.15) is 0 Å². The lowest BCUT2D eigenvalue weighted by Crippen LogP contribution is -2.50. The van der Waals surface area contributed by atoms with Gasteiger partial charge in [0, 0.05) is 42.6 Å². The van der Waals surface area contributed by atoms with E-state index in [9.17, 15) is 18.0 Å². The molecule has 0 aliphatic carbocycles. The summed E-state index contributed by atoms with van der Waals surface area (Å²) in [6.45, 7) is 3.18. The second-order valence-corrected chi connectivity index (χ2v) is 11.4. The average Bonchev–Trinajstić information content (AvgIpc) is 2.87. The molecule has 0 N–H and O–H groups in total. The Hall–Kier alpha value is -2.87. The number of nitrogens with zero attached hydrogens (tertiary/aromatic N) is 2. The fraction of sp³-hybridized carbons (Fsp3) is 0.462. The van der Waals surface area contributed by atoms with Crippen molar-refractivity contribution in [2.24, 2.45) is 0 Å². The van der Waals surface area contributed by atoms with Crippen LogP contribution in [-0.2, 0) is 21.1 Å². The van der Waals surface area contributed by atoms with Crippen LogP contribution in [0.25, 0.3) is 0 Å². The van der Waals surface area contributed by atoms with E-state index in [1.807, 2.05) is 28.0 Å². The third kappa shape index (κ3) is 5.60. The zero-order valence-electron chi connectivity index (χ0n) is 19.6. The van der Waals surface area contributed by atoms with Crippen LogP contribution in [0.15, 0.2) is 48.5 Å². The highest BCUT2D eigenvalue weighted by Gasteiger charge is 2.33. The smallest absolute Gasteiger partial charge is 0.253 e. The van der Waals surface area contributed by atoms with E-state index in [1.54, 1.807) is 31.2 Å². The first-order valence-corrected chi connectivity index (χ1v) is 13.8. The Labute approximate surface area is 201 Å². The molecule has 0 radical (unpaired) electrons. The van der Waals surface area contributed by atoms with Gasteiger partial charge in [-0.25, -0.2) is 8.42 Å². The summed E-state index contributed by atoms with van der Waals surface area (Å²) in [6, 6.07) is 15.2. The van der Waals surface area contributed by atoms with E-state index in [4.69, 9.17) is 4.74 Å². The summed E-state index contributed by atoms with van der Waals surface area (Å²) in [5, 5.41) is 0. The van der Waals surface area contributed by atoms with Crippen LogP contribution in [0, 0.1) is 0 Å². The lowest BCUT2D eigenvalue weighted by Gasteiger charge is -2.41. The fourth-order valence-electron chi connectivity index (χ4n) is 4.67. The van der Waals surface area contributed by atoms with Crippen LogP contribution < -0.4 is 9.64 Å². The monoisotopic (exact) mass is 484 g/mol. The Bertz CT molecular complexity index is 1120. The van der Waals surface area contributed by atoms with Crippen molar-refractivity contribution in [1.29, 1.82) is 0 Å². The van der Waals surface area contributed by atoms with Gasteiger partial charge in [-0.1, -0.05) is 25.1 Å². The van der Waals surface area contributed by atoms with E-state index in [-0.39, 0.29) is 29.4 Å². The van der Waals surface area contributed by atoms with Crippen molar-refractivity contribution in [3.8, 4) is 5.75 Å². The van der Waals surface area contributed by atoms with Gasteiger partial charge in [0.2, 0.25) is 5.91 Å². The number of anilines is 1. The van der Waals surface area contributed by atoms with Crippen LogP contribution in [0.2, 0.25) is 0 Å². The maximum Gasteiger partial charge on any atom is 0.253 e. The number of aryl methyl sites for hydroxylation is 1. The molecule has 1 saturated heterocycles. The minimum absolute atomic E-state index is 0.0237. The Morgan fingerprint density at radius 3 is 2.44 bits per heavy atom. The Balaban J connectivity index is 1.29. The van der Waals surface area contributed by atoms with Gasteiger partial charge in [-0.3, -0.25) is 9.59 Å². The Kier molecular flexibility index (Phi) is 7.56. The van der Waals surface area contributed by atoms with Gasteiger partial charge in [0.25, 0.3) is 5.91 Å². The van der Waals surface area contributed by atoms with Crippen LogP contribution in [-0.4, -0.2) is 62.4 Å². The average molecular weight is 485 g/mol.